The molecule has 0 atom stereocenters. The van der Waals surface area contributed by atoms with Gasteiger partial charge in [-0.3, -0.25) is 4.98 Å². The van der Waals surface area contributed by atoms with Gasteiger partial charge >= 0.3 is 0 Å². The van der Waals surface area contributed by atoms with Crippen molar-refractivity contribution in [3.8, 4) is 17.3 Å². The lowest BCUT2D eigenvalue weighted by atomic mass is 9.99. The summed E-state index contributed by atoms with van der Waals surface area (Å²) in [5.74, 6) is 1.77. The Hall–Kier alpha value is -3.42. The Kier molecular flexibility index (Phi) is 3.34. The van der Waals surface area contributed by atoms with E-state index in [1.165, 1.54) is 6.33 Å². The molecule has 0 N–H and O–H groups in total. The van der Waals surface area contributed by atoms with E-state index in [1.54, 1.807) is 17.2 Å². The van der Waals surface area contributed by atoms with Crippen LogP contribution in [0.2, 0.25) is 0 Å². The summed E-state index contributed by atoms with van der Waals surface area (Å²) in [6.07, 6.45) is 9.44. The molecule has 5 rings (SSSR count). The van der Waals surface area contributed by atoms with Gasteiger partial charge in [0.25, 0.3) is 5.89 Å². The van der Waals surface area contributed by atoms with Crippen molar-refractivity contribution in [2.45, 2.75) is 24.7 Å². The second kappa shape index (κ2) is 5.83. The van der Waals surface area contributed by atoms with E-state index in [0.717, 1.165) is 36.3 Å². The fraction of sp³-hybridized carbons (Fsp3) is 0.222. The van der Waals surface area contributed by atoms with E-state index < -0.39 is 0 Å². The number of rotatable bonds is 5. The zero-order valence-corrected chi connectivity index (χ0v) is 13.9. The van der Waals surface area contributed by atoms with Gasteiger partial charge in [-0.05, 0) is 37.1 Å². The number of hydrogen-bond donors (Lipinski definition) is 0. The second-order valence-electron chi connectivity index (χ2n) is 6.42. The van der Waals surface area contributed by atoms with Gasteiger partial charge in [-0.1, -0.05) is 11.2 Å². The normalized spacial score (nSPS) is 15.1. The highest BCUT2D eigenvalue weighted by molar-refractivity contribution is 5.62. The van der Waals surface area contributed by atoms with E-state index >= 15 is 0 Å². The molecule has 0 spiro atoms. The molecule has 0 saturated heterocycles. The second-order valence-corrected chi connectivity index (χ2v) is 6.42. The molecule has 0 bridgehead atoms. The van der Waals surface area contributed by atoms with Gasteiger partial charge in [-0.25, -0.2) is 14.6 Å². The highest BCUT2D eigenvalue weighted by Crippen LogP contribution is 2.49. The van der Waals surface area contributed by atoms with Crippen LogP contribution in [0, 0.1) is 0 Å². The maximum atomic E-state index is 5.57. The van der Waals surface area contributed by atoms with Crippen LogP contribution < -0.4 is 0 Å². The van der Waals surface area contributed by atoms with Gasteiger partial charge in [0.05, 0.1) is 5.56 Å². The molecular weight excluding hydrogens is 330 g/mol. The molecule has 128 valence electrons. The molecule has 0 unspecified atom stereocenters. The Balaban J connectivity index is 1.49. The van der Waals surface area contributed by atoms with E-state index in [4.69, 9.17) is 4.52 Å². The van der Waals surface area contributed by atoms with Crippen LogP contribution in [0.3, 0.4) is 0 Å². The number of aromatic nitrogens is 7. The average Bonchev–Trinajstić information content (AvgIpc) is 3.12. The quantitative estimate of drug-likeness (QED) is 0.548. The maximum absolute atomic E-state index is 5.57. The summed E-state index contributed by atoms with van der Waals surface area (Å²) in [7, 11) is 0. The number of hydrogen-bond acceptors (Lipinski definition) is 7. The SMILES string of the molecule is c1ccc(CC2(c3noc(-c4cccnc4-n4cncn4)n3)CC2)nc1. The molecule has 26 heavy (non-hydrogen) atoms. The summed E-state index contributed by atoms with van der Waals surface area (Å²) in [5, 5.41) is 8.40. The third-order valence-electron chi connectivity index (χ3n) is 4.65. The molecule has 4 aromatic rings. The highest BCUT2D eigenvalue weighted by Gasteiger charge is 2.48. The monoisotopic (exact) mass is 345 g/mol. The van der Waals surface area contributed by atoms with Gasteiger partial charge < -0.3 is 4.52 Å². The van der Waals surface area contributed by atoms with Gasteiger partial charge in [0, 0.05) is 29.9 Å². The largest absolute Gasteiger partial charge is 0.334 e. The minimum Gasteiger partial charge on any atom is -0.334 e. The van der Waals surface area contributed by atoms with Crippen molar-refractivity contribution >= 4 is 0 Å². The van der Waals surface area contributed by atoms with Crippen LogP contribution in [0.4, 0.5) is 0 Å². The molecule has 0 aliphatic heterocycles. The lowest BCUT2D eigenvalue weighted by Gasteiger charge is -2.09. The van der Waals surface area contributed by atoms with Crippen molar-refractivity contribution in [3.63, 3.8) is 0 Å². The van der Waals surface area contributed by atoms with Crippen LogP contribution in [-0.2, 0) is 11.8 Å². The Labute approximate surface area is 149 Å². The molecule has 4 heterocycles. The molecule has 1 aliphatic carbocycles. The van der Waals surface area contributed by atoms with E-state index in [2.05, 4.69) is 30.2 Å². The first-order valence-corrected chi connectivity index (χ1v) is 8.39. The summed E-state index contributed by atoms with van der Waals surface area (Å²) in [6, 6.07) is 9.68. The molecule has 8 nitrogen and oxygen atoms in total. The van der Waals surface area contributed by atoms with Crippen molar-refractivity contribution in [1.29, 1.82) is 0 Å². The Morgan fingerprint density at radius 3 is 2.77 bits per heavy atom. The van der Waals surface area contributed by atoms with Crippen LogP contribution in [0.1, 0.15) is 24.4 Å². The van der Waals surface area contributed by atoms with Crippen molar-refractivity contribution < 1.29 is 4.52 Å². The summed E-state index contributed by atoms with van der Waals surface area (Å²) in [6.45, 7) is 0. The number of nitrogens with zero attached hydrogens (tertiary/aromatic N) is 7. The Bertz CT molecular complexity index is 1020. The first-order chi connectivity index (χ1) is 12.8. The van der Waals surface area contributed by atoms with Crippen LogP contribution in [-0.4, -0.2) is 34.9 Å². The fourth-order valence-corrected chi connectivity index (χ4v) is 3.09. The van der Waals surface area contributed by atoms with Gasteiger partial charge in [0.2, 0.25) is 0 Å². The predicted molar refractivity (Wildman–Crippen MR) is 91.3 cm³/mol. The van der Waals surface area contributed by atoms with Crippen molar-refractivity contribution in [1.82, 2.24) is 34.9 Å². The van der Waals surface area contributed by atoms with Gasteiger partial charge in [-0.2, -0.15) is 10.1 Å². The summed E-state index contributed by atoms with van der Waals surface area (Å²) < 4.78 is 7.15. The van der Waals surface area contributed by atoms with Crippen LogP contribution in [0.25, 0.3) is 17.3 Å². The summed E-state index contributed by atoms with van der Waals surface area (Å²) in [5.41, 5.74) is 1.69. The average molecular weight is 345 g/mol. The van der Waals surface area contributed by atoms with Crippen LogP contribution in [0.15, 0.2) is 59.9 Å². The van der Waals surface area contributed by atoms with Gasteiger partial charge in [0.1, 0.15) is 12.7 Å². The van der Waals surface area contributed by atoms with E-state index in [0.29, 0.717) is 11.7 Å². The van der Waals surface area contributed by atoms with Crippen molar-refractivity contribution in [3.05, 3.63) is 66.9 Å². The molecule has 8 heteroatoms. The molecule has 1 aliphatic rings. The van der Waals surface area contributed by atoms with Gasteiger partial charge in [0.15, 0.2) is 11.6 Å². The van der Waals surface area contributed by atoms with Crippen LogP contribution in [0.5, 0.6) is 0 Å². The molecule has 0 amide bonds. The lowest BCUT2D eigenvalue weighted by molar-refractivity contribution is 0.412. The van der Waals surface area contributed by atoms with E-state index in [9.17, 15) is 0 Å². The highest BCUT2D eigenvalue weighted by atomic mass is 16.5. The Morgan fingerprint density at radius 2 is 2.00 bits per heavy atom. The fourth-order valence-electron chi connectivity index (χ4n) is 3.09. The zero-order valence-electron chi connectivity index (χ0n) is 13.9. The predicted octanol–water partition coefficient (Wildman–Crippen LogP) is 2.38. The summed E-state index contributed by atoms with van der Waals surface area (Å²) >= 11 is 0. The third kappa shape index (κ3) is 2.55. The summed E-state index contributed by atoms with van der Waals surface area (Å²) in [4.78, 5) is 17.4. The topological polar surface area (TPSA) is 95.4 Å². The third-order valence-corrected chi connectivity index (χ3v) is 4.65. The standard InChI is InChI=1S/C18H15N7O/c1-2-8-20-13(4-1)10-18(6-7-18)17-23-16(26-24-17)14-5-3-9-21-15(14)25-12-19-11-22-25/h1-5,8-9,11-12H,6-7,10H2. The zero-order chi connectivity index (χ0) is 17.4. The maximum Gasteiger partial charge on any atom is 0.261 e. The van der Waals surface area contributed by atoms with E-state index in [1.807, 2.05) is 36.5 Å². The van der Waals surface area contributed by atoms with Crippen molar-refractivity contribution in [2.75, 3.05) is 0 Å². The van der Waals surface area contributed by atoms with Crippen molar-refractivity contribution in [2.24, 2.45) is 0 Å². The molecule has 4 aromatic heterocycles. The first kappa shape index (κ1) is 14.9. The molecule has 1 saturated carbocycles. The van der Waals surface area contributed by atoms with E-state index in [-0.39, 0.29) is 5.41 Å². The van der Waals surface area contributed by atoms with Gasteiger partial charge in [-0.15, -0.1) is 0 Å². The first-order valence-electron chi connectivity index (χ1n) is 8.39. The minimum atomic E-state index is -0.0776. The van der Waals surface area contributed by atoms with Crippen LogP contribution >= 0.6 is 0 Å². The lowest BCUT2D eigenvalue weighted by Crippen LogP contribution is -2.13. The minimum absolute atomic E-state index is 0.0776. The molecular formula is C18H15N7O. The number of pyridine rings is 2. The molecule has 0 aromatic carbocycles. The molecule has 0 radical (unpaired) electrons. The Morgan fingerprint density at radius 1 is 1.08 bits per heavy atom. The molecule has 1 fully saturated rings. The smallest absolute Gasteiger partial charge is 0.261 e.